The Morgan fingerprint density at radius 1 is 1.19 bits per heavy atom. The highest BCUT2D eigenvalue weighted by Crippen LogP contribution is 2.32. The summed E-state index contributed by atoms with van der Waals surface area (Å²) in [6.45, 7) is 0.210. The van der Waals surface area contributed by atoms with Crippen LogP contribution in [0.25, 0.3) is 17.0 Å². The van der Waals surface area contributed by atoms with Gasteiger partial charge in [-0.05, 0) is 30.0 Å². The largest absolute Gasteiger partial charge is 0.451 e. The normalized spacial score (nSPS) is 15.2. The second-order valence-electron chi connectivity index (χ2n) is 6.95. The van der Waals surface area contributed by atoms with E-state index in [0.717, 1.165) is 22.0 Å². The van der Waals surface area contributed by atoms with Gasteiger partial charge in [0.15, 0.2) is 5.76 Å². The minimum atomic E-state index is -0.527. The van der Waals surface area contributed by atoms with Crippen LogP contribution in [0, 0.1) is 5.82 Å². The van der Waals surface area contributed by atoms with E-state index in [2.05, 4.69) is 5.32 Å². The molecule has 1 aromatic heterocycles. The van der Waals surface area contributed by atoms with E-state index in [1.54, 1.807) is 24.3 Å². The fourth-order valence-electron chi connectivity index (χ4n) is 3.36. The van der Waals surface area contributed by atoms with Crippen molar-refractivity contribution in [1.29, 1.82) is 0 Å². The van der Waals surface area contributed by atoms with Crippen LogP contribution in [0.5, 0.6) is 0 Å². The maximum absolute atomic E-state index is 13.9. The Bertz CT molecular complexity index is 1240. The topological polar surface area (TPSA) is 88.9 Å². The Balaban J connectivity index is 1.42. The van der Waals surface area contributed by atoms with Crippen LogP contribution in [0.2, 0.25) is 0 Å². The number of fused-ring (bicyclic) bond motifs is 1. The van der Waals surface area contributed by atoms with Crippen LogP contribution in [0.1, 0.15) is 21.7 Å². The number of ether oxygens (including phenoxy) is 1. The summed E-state index contributed by atoms with van der Waals surface area (Å²) in [5.41, 5.74) is 1.41. The molecule has 0 spiro atoms. The quantitative estimate of drug-likeness (QED) is 0.539. The molecule has 164 valence electrons. The number of nitrogens with one attached hydrogen (secondary N) is 1. The Morgan fingerprint density at radius 3 is 2.72 bits per heavy atom. The molecule has 1 saturated heterocycles. The standard InChI is InChI=1S/C23H19FN2O5S/c1-30-13-16-15-7-3-5-9-18(15)31-20(16)21(27)25-10-11-26-22(28)19(32-23(26)29)12-14-6-2-4-8-17(14)24/h2-9,12H,10-11,13H2,1H3,(H,25,27)/b19-12-. The first-order valence-corrected chi connectivity index (χ1v) is 10.6. The van der Waals surface area contributed by atoms with Crippen molar-refractivity contribution < 1.29 is 27.9 Å². The van der Waals surface area contributed by atoms with Crippen molar-refractivity contribution in [2.45, 2.75) is 6.61 Å². The van der Waals surface area contributed by atoms with Crippen LogP contribution >= 0.6 is 11.8 Å². The molecule has 2 aromatic carbocycles. The molecule has 4 rings (SSSR count). The van der Waals surface area contributed by atoms with Gasteiger partial charge in [0.05, 0.1) is 11.5 Å². The lowest BCUT2D eigenvalue weighted by atomic mass is 10.1. The van der Waals surface area contributed by atoms with Crippen molar-refractivity contribution in [2.75, 3.05) is 20.2 Å². The number of para-hydroxylation sites is 1. The smallest absolute Gasteiger partial charge is 0.293 e. The monoisotopic (exact) mass is 454 g/mol. The summed E-state index contributed by atoms with van der Waals surface area (Å²) in [5.74, 6) is -1.35. The van der Waals surface area contributed by atoms with Gasteiger partial charge in [0.25, 0.3) is 17.1 Å². The van der Waals surface area contributed by atoms with Crippen LogP contribution in [0.4, 0.5) is 9.18 Å². The molecule has 0 atom stereocenters. The zero-order valence-corrected chi connectivity index (χ0v) is 17.9. The third-order valence-electron chi connectivity index (χ3n) is 4.88. The van der Waals surface area contributed by atoms with Crippen molar-refractivity contribution in [3.8, 4) is 0 Å². The second-order valence-corrected chi connectivity index (χ2v) is 7.94. The van der Waals surface area contributed by atoms with Crippen molar-refractivity contribution in [2.24, 2.45) is 0 Å². The SMILES string of the molecule is COCc1c(C(=O)NCCN2C(=O)S/C(=C\c3ccccc3F)C2=O)oc2ccccc12. The summed E-state index contributed by atoms with van der Waals surface area (Å²) in [5, 5.41) is 2.98. The minimum absolute atomic E-state index is 0.0230. The van der Waals surface area contributed by atoms with Gasteiger partial charge in [-0.25, -0.2) is 4.39 Å². The number of benzene rings is 2. The molecule has 0 saturated carbocycles. The van der Waals surface area contributed by atoms with Gasteiger partial charge < -0.3 is 14.5 Å². The molecule has 0 unspecified atom stereocenters. The summed E-state index contributed by atoms with van der Waals surface area (Å²) in [6.07, 6.45) is 1.35. The average molecular weight is 454 g/mol. The second kappa shape index (κ2) is 9.37. The molecular weight excluding hydrogens is 435 g/mol. The van der Waals surface area contributed by atoms with Gasteiger partial charge in [-0.3, -0.25) is 19.3 Å². The number of rotatable bonds is 7. The number of carbonyl (C=O) groups excluding carboxylic acids is 3. The van der Waals surface area contributed by atoms with Gasteiger partial charge >= 0.3 is 0 Å². The van der Waals surface area contributed by atoms with E-state index in [9.17, 15) is 18.8 Å². The zero-order valence-electron chi connectivity index (χ0n) is 17.1. The van der Waals surface area contributed by atoms with Gasteiger partial charge in [-0.2, -0.15) is 0 Å². The third kappa shape index (κ3) is 4.30. The van der Waals surface area contributed by atoms with Gasteiger partial charge in [0.1, 0.15) is 11.4 Å². The number of imide groups is 1. The molecule has 1 fully saturated rings. The van der Waals surface area contributed by atoms with E-state index >= 15 is 0 Å². The van der Waals surface area contributed by atoms with E-state index in [0.29, 0.717) is 11.1 Å². The zero-order chi connectivity index (χ0) is 22.7. The Kier molecular flexibility index (Phi) is 6.38. The molecular formula is C23H19FN2O5S. The highest BCUT2D eigenvalue weighted by Gasteiger charge is 2.35. The Morgan fingerprint density at radius 2 is 1.94 bits per heavy atom. The molecule has 3 aromatic rings. The molecule has 3 amide bonds. The Hall–Kier alpha value is -3.43. The van der Waals surface area contributed by atoms with Crippen molar-refractivity contribution in [3.05, 3.63) is 76.1 Å². The molecule has 2 heterocycles. The van der Waals surface area contributed by atoms with Gasteiger partial charge in [0, 0.05) is 36.7 Å². The van der Waals surface area contributed by atoms with E-state index in [-0.39, 0.29) is 35.9 Å². The van der Waals surface area contributed by atoms with E-state index < -0.39 is 22.9 Å². The van der Waals surface area contributed by atoms with Gasteiger partial charge in [-0.15, -0.1) is 0 Å². The number of furan rings is 1. The molecule has 0 bridgehead atoms. The van der Waals surface area contributed by atoms with Gasteiger partial charge in [0.2, 0.25) is 0 Å². The number of hydrogen-bond acceptors (Lipinski definition) is 6. The third-order valence-corrected chi connectivity index (χ3v) is 5.79. The number of nitrogens with zero attached hydrogens (tertiary/aromatic N) is 1. The first kappa shape index (κ1) is 21.8. The lowest BCUT2D eigenvalue weighted by Crippen LogP contribution is -2.37. The van der Waals surface area contributed by atoms with Crippen LogP contribution < -0.4 is 5.32 Å². The average Bonchev–Trinajstić information content (AvgIpc) is 3.28. The van der Waals surface area contributed by atoms with Crippen LogP contribution in [0.3, 0.4) is 0 Å². The van der Waals surface area contributed by atoms with E-state index in [1.165, 1.54) is 25.3 Å². The molecule has 32 heavy (non-hydrogen) atoms. The first-order chi connectivity index (χ1) is 15.5. The molecule has 1 aliphatic heterocycles. The maximum atomic E-state index is 13.9. The van der Waals surface area contributed by atoms with Crippen LogP contribution in [0.15, 0.2) is 57.9 Å². The molecule has 1 N–H and O–H groups in total. The van der Waals surface area contributed by atoms with Gasteiger partial charge in [-0.1, -0.05) is 36.4 Å². The summed E-state index contributed by atoms with van der Waals surface area (Å²) >= 11 is 0.737. The summed E-state index contributed by atoms with van der Waals surface area (Å²) in [6, 6.07) is 13.2. The van der Waals surface area contributed by atoms with Crippen molar-refractivity contribution in [3.63, 3.8) is 0 Å². The van der Waals surface area contributed by atoms with E-state index in [1.807, 2.05) is 12.1 Å². The van der Waals surface area contributed by atoms with Crippen molar-refractivity contribution in [1.82, 2.24) is 10.2 Å². The Labute approximate surface area is 187 Å². The summed E-state index contributed by atoms with van der Waals surface area (Å²) in [4.78, 5) is 38.7. The lowest BCUT2D eigenvalue weighted by Gasteiger charge is -2.12. The number of carbonyl (C=O) groups is 3. The maximum Gasteiger partial charge on any atom is 0.293 e. The highest BCUT2D eigenvalue weighted by molar-refractivity contribution is 8.18. The summed E-state index contributed by atoms with van der Waals surface area (Å²) in [7, 11) is 1.53. The van der Waals surface area contributed by atoms with Crippen LogP contribution in [-0.2, 0) is 16.1 Å². The molecule has 0 aliphatic carbocycles. The summed E-state index contributed by atoms with van der Waals surface area (Å²) < 4.78 is 24.7. The number of hydrogen-bond donors (Lipinski definition) is 1. The first-order valence-electron chi connectivity index (χ1n) is 9.77. The highest BCUT2D eigenvalue weighted by atomic mass is 32.2. The number of amides is 3. The minimum Gasteiger partial charge on any atom is -0.451 e. The fourth-order valence-corrected chi connectivity index (χ4v) is 4.21. The number of halogens is 1. The molecule has 0 radical (unpaired) electrons. The van der Waals surface area contributed by atoms with Crippen LogP contribution in [-0.4, -0.2) is 42.2 Å². The molecule has 9 heteroatoms. The van der Waals surface area contributed by atoms with E-state index in [4.69, 9.17) is 9.15 Å². The number of thioether (sulfide) groups is 1. The number of methoxy groups -OCH3 is 1. The van der Waals surface area contributed by atoms with Crippen molar-refractivity contribution >= 4 is 45.9 Å². The lowest BCUT2D eigenvalue weighted by molar-refractivity contribution is -0.122. The predicted octanol–water partition coefficient (Wildman–Crippen LogP) is 4.18. The molecule has 7 nitrogen and oxygen atoms in total. The fraction of sp³-hybridized carbons (Fsp3) is 0.174. The predicted molar refractivity (Wildman–Crippen MR) is 118 cm³/mol. The molecule has 1 aliphatic rings.